The fourth-order valence-electron chi connectivity index (χ4n) is 4.59. The van der Waals surface area contributed by atoms with Gasteiger partial charge in [0.2, 0.25) is 5.95 Å². The third-order valence-electron chi connectivity index (χ3n) is 7.04. The third-order valence-corrected chi connectivity index (χ3v) is 7.04. The molecule has 0 bridgehead atoms. The Balaban J connectivity index is 1.58. The summed E-state index contributed by atoms with van der Waals surface area (Å²) in [7, 11) is 2.06. The molecule has 3 aromatic rings. The van der Waals surface area contributed by atoms with Crippen molar-refractivity contribution in [1.29, 1.82) is 0 Å². The fraction of sp³-hybridized carbons (Fsp3) is 0.481. The molecular formula is C27H37N7O3. The molecule has 0 aliphatic carbocycles. The summed E-state index contributed by atoms with van der Waals surface area (Å²) in [5.41, 5.74) is 7.01. The van der Waals surface area contributed by atoms with E-state index in [1.165, 1.54) is 0 Å². The monoisotopic (exact) mass is 507 g/mol. The fourth-order valence-corrected chi connectivity index (χ4v) is 4.59. The van der Waals surface area contributed by atoms with Crippen molar-refractivity contribution in [2.45, 2.75) is 45.2 Å². The van der Waals surface area contributed by atoms with Gasteiger partial charge in [-0.2, -0.15) is 4.98 Å². The van der Waals surface area contributed by atoms with E-state index in [1.54, 1.807) is 16.8 Å². The first-order valence-corrected chi connectivity index (χ1v) is 12.9. The highest BCUT2D eigenvalue weighted by Gasteiger charge is 2.25. The van der Waals surface area contributed by atoms with E-state index >= 15 is 0 Å². The Bertz CT molecular complexity index is 1300. The van der Waals surface area contributed by atoms with Crippen molar-refractivity contribution in [2.75, 3.05) is 50.9 Å². The number of benzene rings is 1. The van der Waals surface area contributed by atoms with Gasteiger partial charge >= 0.3 is 0 Å². The summed E-state index contributed by atoms with van der Waals surface area (Å²) in [6.07, 6.45) is 4.30. The van der Waals surface area contributed by atoms with E-state index in [4.69, 9.17) is 5.73 Å². The van der Waals surface area contributed by atoms with Crippen molar-refractivity contribution in [3.05, 3.63) is 58.0 Å². The number of fused-ring (bicyclic) bond motifs is 1. The van der Waals surface area contributed by atoms with Crippen LogP contribution in [-0.2, 0) is 6.54 Å². The molecule has 198 valence electrons. The molecule has 1 fully saturated rings. The van der Waals surface area contributed by atoms with Gasteiger partial charge in [-0.1, -0.05) is 31.9 Å². The summed E-state index contributed by atoms with van der Waals surface area (Å²) < 4.78 is 1.59. The number of anilines is 2. The number of nitrogens with one attached hydrogen (secondary N) is 1. The van der Waals surface area contributed by atoms with Crippen LogP contribution < -0.4 is 16.6 Å². The molecule has 3 heterocycles. The Morgan fingerprint density at radius 2 is 1.84 bits per heavy atom. The molecule has 4 rings (SSSR count). The van der Waals surface area contributed by atoms with Crippen molar-refractivity contribution in [2.24, 2.45) is 0 Å². The molecule has 1 aromatic carbocycles. The van der Waals surface area contributed by atoms with Crippen molar-refractivity contribution in [3.8, 4) is 0 Å². The van der Waals surface area contributed by atoms with Gasteiger partial charge in [0.15, 0.2) is 0 Å². The minimum Gasteiger partial charge on any atom is -0.394 e. The summed E-state index contributed by atoms with van der Waals surface area (Å²) in [6, 6.07) is 9.14. The number of aromatic nitrogens is 3. The van der Waals surface area contributed by atoms with Gasteiger partial charge in [-0.05, 0) is 44.2 Å². The summed E-state index contributed by atoms with van der Waals surface area (Å²) in [5.74, 6) is 0.411. The Kier molecular flexibility index (Phi) is 8.09. The number of pyridine rings is 1. The molecule has 4 N–H and O–H groups in total. The van der Waals surface area contributed by atoms with Gasteiger partial charge in [0.25, 0.3) is 11.5 Å². The Labute approximate surface area is 217 Å². The highest BCUT2D eigenvalue weighted by atomic mass is 16.3. The lowest BCUT2D eigenvalue weighted by molar-refractivity contribution is 0.0664. The lowest BCUT2D eigenvalue weighted by Crippen LogP contribution is -2.47. The first kappa shape index (κ1) is 26.6. The van der Waals surface area contributed by atoms with E-state index in [0.29, 0.717) is 35.2 Å². The van der Waals surface area contributed by atoms with Crippen molar-refractivity contribution in [3.63, 3.8) is 0 Å². The maximum Gasteiger partial charge on any atom is 0.264 e. The summed E-state index contributed by atoms with van der Waals surface area (Å²) in [5, 5.41) is 13.6. The van der Waals surface area contributed by atoms with Crippen LogP contribution in [0.25, 0.3) is 10.9 Å². The molecule has 1 saturated heterocycles. The van der Waals surface area contributed by atoms with Crippen LogP contribution in [0, 0.1) is 0 Å². The number of nitrogens with two attached hydrogens (primary N) is 1. The minimum absolute atomic E-state index is 0.0305. The molecule has 2 aromatic heterocycles. The molecule has 1 unspecified atom stereocenters. The number of likely N-dealkylation sites (N-methyl/N-ethyl adjacent to an activating group) is 1. The number of carbonyl (C=O) groups excluding carboxylic acids is 1. The molecule has 1 aliphatic heterocycles. The first-order valence-electron chi connectivity index (χ1n) is 12.9. The van der Waals surface area contributed by atoms with E-state index < -0.39 is 5.54 Å². The molecular weight excluding hydrogens is 470 g/mol. The molecule has 0 spiro atoms. The van der Waals surface area contributed by atoms with Gasteiger partial charge in [-0.25, -0.2) is 4.98 Å². The number of nitrogens with zero attached hydrogens (tertiary/aromatic N) is 5. The quantitative estimate of drug-likeness (QED) is 0.402. The highest BCUT2D eigenvalue weighted by molar-refractivity contribution is 5.94. The molecule has 1 amide bonds. The predicted octanol–water partition coefficient (Wildman–Crippen LogP) is 2.16. The van der Waals surface area contributed by atoms with Crippen LogP contribution in [0.4, 0.5) is 11.8 Å². The standard InChI is InChI=1S/C27H37N7O3/c1-4-5-11-27(2,18-35)31-23-22-21(29-26(28)30-23)10-12-34(25(22)37)17-19-6-8-20(9-7-19)24(36)33-15-13-32(3)14-16-33/h6-10,12,35H,4-5,11,13-18H2,1-3H3,(H3,28,29,30,31). The number of aliphatic hydroxyl groups is 1. The second-order valence-corrected chi connectivity index (χ2v) is 10.2. The highest BCUT2D eigenvalue weighted by Crippen LogP contribution is 2.24. The Hall–Kier alpha value is -3.50. The molecule has 1 atom stereocenters. The minimum atomic E-state index is -0.650. The van der Waals surface area contributed by atoms with E-state index in [0.717, 1.165) is 44.6 Å². The Morgan fingerprint density at radius 3 is 2.49 bits per heavy atom. The summed E-state index contributed by atoms with van der Waals surface area (Å²) >= 11 is 0. The number of hydrogen-bond acceptors (Lipinski definition) is 8. The van der Waals surface area contributed by atoms with E-state index in [1.807, 2.05) is 36.1 Å². The van der Waals surface area contributed by atoms with Crippen LogP contribution in [-0.4, -0.2) is 80.7 Å². The van der Waals surface area contributed by atoms with Crippen LogP contribution in [0.5, 0.6) is 0 Å². The zero-order valence-electron chi connectivity index (χ0n) is 21.9. The van der Waals surface area contributed by atoms with Crippen LogP contribution in [0.2, 0.25) is 0 Å². The number of amides is 1. The van der Waals surface area contributed by atoms with E-state index in [2.05, 4.69) is 34.2 Å². The number of piperazine rings is 1. The maximum absolute atomic E-state index is 13.5. The Morgan fingerprint density at radius 1 is 1.14 bits per heavy atom. The number of hydrogen-bond donors (Lipinski definition) is 3. The van der Waals surface area contributed by atoms with Crippen LogP contribution >= 0.6 is 0 Å². The van der Waals surface area contributed by atoms with Gasteiger partial charge in [-0.3, -0.25) is 9.59 Å². The number of aliphatic hydroxyl groups excluding tert-OH is 1. The number of nitrogen functional groups attached to an aromatic ring is 1. The molecule has 10 heteroatoms. The molecule has 0 radical (unpaired) electrons. The van der Waals surface area contributed by atoms with Crippen molar-refractivity contribution < 1.29 is 9.90 Å². The lowest BCUT2D eigenvalue weighted by Gasteiger charge is -2.32. The van der Waals surface area contributed by atoms with E-state index in [9.17, 15) is 14.7 Å². The van der Waals surface area contributed by atoms with Gasteiger partial charge < -0.3 is 30.5 Å². The number of unbranched alkanes of at least 4 members (excludes halogenated alkanes) is 1. The SMILES string of the molecule is CCCCC(C)(CO)Nc1nc(N)nc2ccn(Cc3ccc(C(=O)N4CCN(C)CC4)cc3)c(=O)c12. The van der Waals surface area contributed by atoms with Crippen molar-refractivity contribution >= 4 is 28.6 Å². The molecule has 37 heavy (non-hydrogen) atoms. The predicted molar refractivity (Wildman–Crippen MR) is 146 cm³/mol. The van der Waals surface area contributed by atoms with E-state index in [-0.39, 0.29) is 24.0 Å². The summed E-state index contributed by atoms with van der Waals surface area (Å²) in [4.78, 5) is 39.0. The first-order chi connectivity index (χ1) is 17.7. The van der Waals surface area contributed by atoms with Crippen LogP contribution in [0.1, 0.15) is 49.0 Å². The largest absolute Gasteiger partial charge is 0.394 e. The smallest absolute Gasteiger partial charge is 0.264 e. The zero-order valence-corrected chi connectivity index (χ0v) is 21.9. The number of rotatable bonds is 9. The molecule has 0 saturated carbocycles. The van der Waals surface area contributed by atoms with Crippen LogP contribution in [0.3, 0.4) is 0 Å². The van der Waals surface area contributed by atoms with Gasteiger partial charge in [-0.15, -0.1) is 0 Å². The lowest BCUT2D eigenvalue weighted by atomic mass is 9.95. The van der Waals surface area contributed by atoms with Gasteiger partial charge in [0.05, 0.1) is 24.2 Å². The number of carbonyl (C=O) groups is 1. The zero-order chi connectivity index (χ0) is 26.6. The third kappa shape index (κ3) is 6.08. The van der Waals surface area contributed by atoms with Crippen LogP contribution in [0.15, 0.2) is 41.3 Å². The summed E-state index contributed by atoms with van der Waals surface area (Å²) in [6.45, 7) is 7.39. The van der Waals surface area contributed by atoms with Crippen molar-refractivity contribution in [1.82, 2.24) is 24.3 Å². The second-order valence-electron chi connectivity index (χ2n) is 10.2. The second kappa shape index (κ2) is 11.3. The average molecular weight is 508 g/mol. The molecule has 1 aliphatic rings. The van der Waals surface area contributed by atoms with Gasteiger partial charge in [0.1, 0.15) is 11.2 Å². The normalized spacial score (nSPS) is 16.1. The van der Waals surface area contributed by atoms with Gasteiger partial charge in [0, 0.05) is 37.9 Å². The topological polar surface area (TPSA) is 130 Å². The molecule has 10 nitrogen and oxygen atoms in total. The average Bonchev–Trinajstić information content (AvgIpc) is 2.89. The maximum atomic E-state index is 13.5.